The molecule has 19 heteroatoms. The number of aliphatic hydroxyl groups is 11. The third kappa shape index (κ3) is 37.4. The van der Waals surface area contributed by atoms with Crippen LogP contribution in [0.5, 0.6) is 0 Å². The molecule has 12 N–H and O–H groups in total. The molecule has 3 aliphatic rings. The average Bonchev–Trinajstić information content (AvgIpc) is 0.787. The second kappa shape index (κ2) is 56.7. The number of carbonyl (C=O) groups excluding carboxylic acids is 1. The van der Waals surface area contributed by atoms with Gasteiger partial charge < -0.3 is 89.9 Å². The molecule has 3 saturated heterocycles. The summed E-state index contributed by atoms with van der Waals surface area (Å²) in [4.78, 5) is 13.4. The lowest BCUT2D eigenvalue weighted by Crippen LogP contribution is -2.66. The number of hydrogen-bond donors (Lipinski definition) is 12. The van der Waals surface area contributed by atoms with E-state index in [1.54, 1.807) is 6.08 Å². The van der Waals surface area contributed by atoms with Crippen LogP contribution in [0.3, 0.4) is 0 Å². The molecule has 0 bridgehead atoms. The van der Waals surface area contributed by atoms with Crippen LogP contribution in [0.2, 0.25) is 0 Å². The Kier molecular flexibility index (Phi) is 52.0. The van der Waals surface area contributed by atoms with Gasteiger partial charge in [-0.15, -0.1) is 0 Å². The molecule has 0 radical (unpaired) electrons. The third-order valence-electron chi connectivity index (χ3n) is 19.2. The molecule has 0 saturated carbocycles. The lowest BCUT2D eigenvalue weighted by atomic mass is 9.96. The first kappa shape index (κ1) is 86.2. The van der Waals surface area contributed by atoms with Crippen molar-refractivity contribution < 1.29 is 89.4 Å². The summed E-state index contributed by atoms with van der Waals surface area (Å²) in [6.07, 6.45) is 41.4. The van der Waals surface area contributed by atoms with Crippen LogP contribution < -0.4 is 5.32 Å². The second-order valence-corrected chi connectivity index (χ2v) is 27.5. The molecule has 19 nitrogen and oxygen atoms in total. The van der Waals surface area contributed by atoms with Gasteiger partial charge in [0, 0.05) is 6.42 Å². The number of aliphatic hydroxyl groups excluding tert-OH is 11. The van der Waals surface area contributed by atoms with Crippen LogP contribution in [0, 0.1) is 0 Å². The first-order valence-corrected chi connectivity index (χ1v) is 38.2. The fraction of sp³-hybridized carbons (Fsp3) is 0.907. The molecule has 3 heterocycles. The van der Waals surface area contributed by atoms with E-state index in [4.69, 9.17) is 28.4 Å². The highest BCUT2D eigenvalue weighted by molar-refractivity contribution is 5.76. The van der Waals surface area contributed by atoms with E-state index in [1.165, 1.54) is 225 Å². The Morgan fingerprint density at radius 1 is 0.383 bits per heavy atom. The topological polar surface area (TPSA) is 307 Å². The van der Waals surface area contributed by atoms with Gasteiger partial charge >= 0.3 is 0 Å². The minimum absolute atomic E-state index is 0.247. The van der Waals surface area contributed by atoms with Crippen LogP contribution in [-0.4, -0.2) is 193 Å². The maximum absolute atomic E-state index is 13.4. The highest BCUT2D eigenvalue weighted by atomic mass is 16.8. The molecular formula is C75H139NO18. The predicted octanol–water partition coefficient (Wildman–Crippen LogP) is 11.6. The summed E-state index contributed by atoms with van der Waals surface area (Å²) >= 11 is 0. The monoisotopic (exact) mass is 1340 g/mol. The third-order valence-corrected chi connectivity index (χ3v) is 19.2. The Morgan fingerprint density at radius 3 is 1.09 bits per heavy atom. The van der Waals surface area contributed by atoms with E-state index in [0.29, 0.717) is 6.42 Å². The van der Waals surface area contributed by atoms with Gasteiger partial charge in [0.2, 0.25) is 5.91 Å². The molecule has 552 valence electrons. The zero-order valence-electron chi connectivity index (χ0n) is 58.7. The van der Waals surface area contributed by atoms with Crippen molar-refractivity contribution >= 4 is 5.91 Å². The Bertz CT molecular complexity index is 1840. The van der Waals surface area contributed by atoms with E-state index in [9.17, 15) is 61.0 Å². The van der Waals surface area contributed by atoms with E-state index in [1.807, 2.05) is 6.08 Å². The Morgan fingerprint density at radius 2 is 0.702 bits per heavy atom. The zero-order chi connectivity index (χ0) is 68.2. The molecule has 0 aliphatic carbocycles. The van der Waals surface area contributed by atoms with E-state index >= 15 is 0 Å². The Labute approximate surface area is 568 Å². The number of nitrogens with one attached hydrogen (secondary N) is 1. The molecule has 3 fully saturated rings. The fourth-order valence-corrected chi connectivity index (χ4v) is 13.0. The maximum atomic E-state index is 13.4. The van der Waals surface area contributed by atoms with Gasteiger partial charge in [0.1, 0.15) is 73.2 Å². The second-order valence-electron chi connectivity index (χ2n) is 27.5. The number of rotatable bonds is 60. The normalized spacial score (nSPS) is 27.5. The number of allylic oxidation sites excluding steroid dienone is 5. The highest BCUT2D eigenvalue weighted by Gasteiger charge is 2.53. The first-order valence-electron chi connectivity index (χ1n) is 38.2. The van der Waals surface area contributed by atoms with Gasteiger partial charge in [0.15, 0.2) is 18.9 Å². The van der Waals surface area contributed by atoms with Gasteiger partial charge in [0.05, 0.1) is 38.6 Å². The van der Waals surface area contributed by atoms with Crippen molar-refractivity contribution in [2.75, 3.05) is 26.4 Å². The van der Waals surface area contributed by atoms with Crippen LogP contribution in [0.15, 0.2) is 36.5 Å². The number of ether oxygens (including phenoxy) is 6. The van der Waals surface area contributed by atoms with E-state index < -0.39 is 124 Å². The van der Waals surface area contributed by atoms with Gasteiger partial charge in [-0.25, -0.2) is 0 Å². The molecule has 0 aromatic rings. The van der Waals surface area contributed by atoms with Gasteiger partial charge in [-0.3, -0.25) is 4.79 Å². The molecule has 1 amide bonds. The molecular weight excluding hydrogens is 1200 g/mol. The van der Waals surface area contributed by atoms with Gasteiger partial charge in [0.25, 0.3) is 0 Å². The van der Waals surface area contributed by atoms with Gasteiger partial charge in [-0.1, -0.05) is 281 Å². The SMILES string of the molecule is CCCCCCC/C=C\C/C=C\CCCCCCCCCCCCCCCCCCCCCCCC(=O)NC(COC1OC(CO)C(OC2OC(CO)C(OC3OC(CO)C(O)C(O)C3O)C(O)C2O)C(O)C1O)C(O)/C=C/CCCCCCCCCCCCCCCC. The van der Waals surface area contributed by atoms with Crippen LogP contribution in [0.1, 0.15) is 303 Å². The predicted molar refractivity (Wildman–Crippen MR) is 369 cm³/mol. The van der Waals surface area contributed by atoms with Crippen LogP contribution in [0.25, 0.3) is 0 Å². The Balaban J connectivity index is 1.35. The van der Waals surface area contributed by atoms with Crippen LogP contribution in [0.4, 0.5) is 0 Å². The van der Waals surface area contributed by atoms with Gasteiger partial charge in [-0.2, -0.15) is 0 Å². The molecule has 0 aromatic heterocycles. The van der Waals surface area contributed by atoms with Crippen molar-refractivity contribution in [3.63, 3.8) is 0 Å². The van der Waals surface area contributed by atoms with Crippen molar-refractivity contribution in [2.24, 2.45) is 0 Å². The molecule has 0 aromatic carbocycles. The lowest BCUT2D eigenvalue weighted by Gasteiger charge is -2.48. The molecule has 3 rings (SSSR count). The number of unbranched alkanes of at least 4 members (excludes halogenated alkanes) is 40. The van der Waals surface area contributed by atoms with Crippen molar-refractivity contribution in [3.8, 4) is 0 Å². The summed E-state index contributed by atoms with van der Waals surface area (Å²) < 4.78 is 34.4. The number of carbonyl (C=O) groups is 1. The highest BCUT2D eigenvalue weighted by Crippen LogP contribution is 2.33. The molecule has 3 aliphatic heterocycles. The van der Waals surface area contributed by atoms with Crippen molar-refractivity contribution in [3.05, 3.63) is 36.5 Å². The van der Waals surface area contributed by atoms with E-state index in [0.717, 1.165) is 51.4 Å². The summed E-state index contributed by atoms with van der Waals surface area (Å²) in [6, 6.07) is -0.971. The lowest BCUT2D eigenvalue weighted by molar-refractivity contribution is -0.379. The quantitative estimate of drug-likeness (QED) is 0.0199. The van der Waals surface area contributed by atoms with E-state index in [-0.39, 0.29) is 18.9 Å². The summed E-state index contributed by atoms with van der Waals surface area (Å²) in [6.45, 7) is 1.75. The summed E-state index contributed by atoms with van der Waals surface area (Å²) in [5.41, 5.74) is 0. The summed E-state index contributed by atoms with van der Waals surface area (Å²) in [5, 5.41) is 121. The molecule has 17 unspecified atom stereocenters. The Hall–Kier alpha value is -1.99. The summed E-state index contributed by atoms with van der Waals surface area (Å²) in [5.74, 6) is -0.271. The van der Waals surface area contributed by atoms with E-state index in [2.05, 4.69) is 43.5 Å². The van der Waals surface area contributed by atoms with Gasteiger partial charge in [-0.05, 0) is 51.4 Å². The minimum Gasteiger partial charge on any atom is -0.394 e. The van der Waals surface area contributed by atoms with Crippen molar-refractivity contribution in [1.29, 1.82) is 0 Å². The zero-order valence-corrected chi connectivity index (χ0v) is 58.7. The average molecular weight is 1340 g/mol. The molecule has 0 spiro atoms. The maximum Gasteiger partial charge on any atom is 0.220 e. The summed E-state index contributed by atoms with van der Waals surface area (Å²) in [7, 11) is 0. The molecule has 94 heavy (non-hydrogen) atoms. The standard InChI is InChI=1S/C75H139NO18/c1-3-5-7-9-11-13-15-17-19-21-22-23-24-25-26-27-28-29-30-31-32-33-34-35-36-37-39-41-43-45-47-49-51-53-63(81)76-58(59(80)52-50-48-46-44-42-40-38-20-18-16-14-12-10-8-6-4-2)57-89-73-69(87)66(84)71(61(55-78)91-73)94-75-70(88)67(85)72(62(56-79)92-75)93-74-68(86)65(83)64(82)60(54-77)90-74/h15,17,21-22,50,52,58-62,64-75,77-80,82-88H,3-14,16,18-20,23-49,51,53-57H2,1-2H3,(H,76,81)/b17-15-,22-21-,52-50+. The first-order chi connectivity index (χ1) is 45.8. The fourth-order valence-electron chi connectivity index (χ4n) is 13.0. The van der Waals surface area contributed by atoms with Crippen LogP contribution in [-0.2, 0) is 33.2 Å². The number of hydrogen-bond acceptors (Lipinski definition) is 18. The molecule has 17 atom stereocenters. The van der Waals surface area contributed by atoms with Crippen molar-refractivity contribution in [2.45, 2.75) is 407 Å². The van der Waals surface area contributed by atoms with Crippen LogP contribution >= 0.6 is 0 Å². The minimum atomic E-state index is -1.98. The number of amides is 1. The smallest absolute Gasteiger partial charge is 0.220 e. The largest absolute Gasteiger partial charge is 0.394 e. The van der Waals surface area contributed by atoms with Crippen molar-refractivity contribution in [1.82, 2.24) is 5.32 Å².